The van der Waals surface area contributed by atoms with E-state index in [0.29, 0.717) is 5.69 Å². The van der Waals surface area contributed by atoms with Gasteiger partial charge in [-0.25, -0.2) is 9.37 Å². The van der Waals surface area contributed by atoms with E-state index < -0.39 is 5.97 Å². The Kier molecular flexibility index (Phi) is 2.21. The number of hydrogen-bond donors (Lipinski definition) is 0. The molecule has 0 spiro atoms. The fourth-order valence-electron chi connectivity index (χ4n) is 1.25. The first kappa shape index (κ1) is 9.39. The smallest absolute Gasteiger partial charge is 0.123 e. The Morgan fingerprint density at radius 1 is 1.33 bits per heavy atom. The predicted octanol–water partition coefficient (Wildman–Crippen LogP) is 0.375. The van der Waals surface area contributed by atoms with Gasteiger partial charge in [0.15, 0.2) is 0 Å². The molecular formula is C10H6FN2O2-. The van der Waals surface area contributed by atoms with Gasteiger partial charge in [-0.05, 0) is 24.3 Å². The van der Waals surface area contributed by atoms with Crippen molar-refractivity contribution in [3.8, 4) is 5.69 Å². The molecule has 0 amide bonds. The van der Waals surface area contributed by atoms with Gasteiger partial charge in [0.1, 0.15) is 5.82 Å². The van der Waals surface area contributed by atoms with Gasteiger partial charge in [0.25, 0.3) is 0 Å². The summed E-state index contributed by atoms with van der Waals surface area (Å²) in [4.78, 5) is 14.4. The number of imidazole rings is 1. The van der Waals surface area contributed by atoms with Gasteiger partial charge in [0.05, 0.1) is 24.2 Å². The van der Waals surface area contributed by atoms with Gasteiger partial charge in [-0.2, -0.15) is 0 Å². The van der Waals surface area contributed by atoms with Crippen molar-refractivity contribution in [1.29, 1.82) is 0 Å². The van der Waals surface area contributed by atoms with Crippen LogP contribution < -0.4 is 5.11 Å². The summed E-state index contributed by atoms with van der Waals surface area (Å²) in [5.74, 6) is -1.70. The van der Waals surface area contributed by atoms with E-state index in [4.69, 9.17) is 0 Å². The Labute approximate surface area is 84.6 Å². The van der Waals surface area contributed by atoms with Gasteiger partial charge in [-0.1, -0.05) is 0 Å². The first-order chi connectivity index (χ1) is 7.18. The van der Waals surface area contributed by atoms with Crippen LogP contribution in [0.4, 0.5) is 4.39 Å². The molecule has 0 unspecified atom stereocenters. The van der Waals surface area contributed by atoms with Crippen molar-refractivity contribution < 1.29 is 14.3 Å². The number of halogens is 1. The number of carbonyl (C=O) groups is 1. The highest BCUT2D eigenvalue weighted by Crippen LogP contribution is 2.11. The first-order valence-electron chi connectivity index (χ1n) is 4.18. The van der Waals surface area contributed by atoms with Gasteiger partial charge in [0, 0.05) is 5.69 Å². The molecule has 0 aliphatic carbocycles. The molecule has 0 saturated heterocycles. The molecule has 1 aromatic heterocycles. The monoisotopic (exact) mass is 205 g/mol. The van der Waals surface area contributed by atoms with Crippen molar-refractivity contribution in [2.24, 2.45) is 0 Å². The minimum absolute atomic E-state index is 0.0680. The fourth-order valence-corrected chi connectivity index (χ4v) is 1.25. The molecule has 15 heavy (non-hydrogen) atoms. The molecule has 2 aromatic rings. The van der Waals surface area contributed by atoms with Crippen LogP contribution in [0.25, 0.3) is 5.69 Å². The highest BCUT2D eigenvalue weighted by Gasteiger charge is 2.04. The topological polar surface area (TPSA) is 57.9 Å². The Morgan fingerprint density at radius 3 is 2.60 bits per heavy atom. The van der Waals surface area contributed by atoms with Gasteiger partial charge in [-0.15, -0.1) is 0 Å². The lowest BCUT2D eigenvalue weighted by Crippen LogP contribution is -2.24. The van der Waals surface area contributed by atoms with Crippen molar-refractivity contribution in [1.82, 2.24) is 9.55 Å². The van der Waals surface area contributed by atoms with Crippen molar-refractivity contribution in [3.63, 3.8) is 0 Å². The van der Waals surface area contributed by atoms with E-state index in [0.717, 1.165) is 0 Å². The Bertz CT molecular complexity index is 490. The van der Waals surface area contributed by atoms with Crippen molar-refractivity contribution in [2.75, 3.05) is 0 Å². The summed E-state index contributed by atoms with van der Waals surface area (Å²) < 4.78 is 13.9. The minimum atomic E-state index is -1.32. The lowest BCUT2D eigenvalue weighted by Gasteiger charge is -2.07. The van der Waals surface area contributed by atoms with Crippen LogP contribution in [0.5, 0.6) is 0 Å². The number of carboxylic acids is 1. The largest absolute Gasteiger partial charge is 0.543 e. The molecule has 1 aromatic carbocycles. The van der Waals surface area contributed by atoms with Crippen LogP contribution >= 0.6 is 0 Å². The van der Waals surface area contributed by atoms with Crippen molar-refractivity contribution in [2.45, 2.75) is 0 Å². The molecule has 0 saturated carbocycles. The molecule has 0 bridgehead atoms. The highest BCUT2D eigenvalue weighted by molar-refractivity contribution is 5.84. The minimum Gasteiger partial charge on any atom is -0.543 e. The summed E-state index contributed by atoms with van der Waals surface area (Å²) in [6.07, 6.45) is 2.51. The second-order valence-electron chi connectivity index (χ2n) is 2.91. The number of carbonyl (C=O) groups excluding carboxylic acids is 1. The van der Waals surface area contributed by atoms with E-state index in [1.807, 2.05) is 0 Å². The number of aromatic carboxylic acids is 1. The summed E-state index contributed by atoms with van der Waals surface area (Å²) >= 11 is 0. The van der Waals surface area contributed by atoms with Crippen LogP contribution in [0.2, 0.25) is 0 Å². The maximum atomic E-state index is 12.6. The van der Waals surface area contributed by atoms with Crippen LogP contribution in [0.3, 0.4) is 0 Å². The first-order valence-corrected chi connectivity index (χ1v) is 4.18. The number of benzene rings is 1. The van der Waals surface area contributed by atoms with Gasteiger partial charge >= 0.3 is 0 Å². The van der Waals surface area contributed by atoms with E-state index in [2.05, 4.69) is 4.98 Å². The number of rotatable bonds is 2. The third kappa shape index (κ3) is 1.71. The lowest BCUT2D eigenvalue weighted by atomic mass is 10.3. The molecule has 0 radical (unpaired) electrons. The van der Waals surface area contributed by atoms with E-state index >= 15 is 0 Å². The molecular weight excluding hydrogens is 199 g/mol. The zero-order valence-electron chi connectivity index (χ0n) is 7.55. The summed E-state index contributed by atoms with van der Waals surface area (Å²) in [5, 5.41) is 10.7. The van der Waals surface area contributed by atoms with Crippen LogP contribution in [-0.2, 0) is 0 Å². The standard InChI is InChI=1S/C10H7FN2O2/c11-7-1-3-8(4-2-7)13-6-12-5-9(13)10(14)15/h1-6H,(H,14,15)/p-1. The number of hydrogen-bond acceptors (Lipinski definition) is 3. The van der Waals surface area contributed by atoms with Gasteiger partial charge in [-0.3, -0.25) is 4.57 Å². The summed E-state index contributed by atoms with van der Waals surface area (Å²) in [6.45, 7) is 0. The third-order valence-corrected chi connectivity index (χ3v) is 1.95. The summed E-state index contributed by atoms with van der Waals surface area (Å²) in [6, 6.07) is 5.41. The molecule has 1 heterocycles. The zero-order valence-corrected chi connectivity index (χ0v) is 7.55. The van der Waals surface area contributed by atoms with Crippen LogP contribution in [0, 0.1) is 5.82 Å². The van der Waals surface area contributed by atoms with E-state index in [1.165, 1.54) is 41.4 Å². The summed E-state index contributed by atoms with van der Waals surface area (Å²) in [7, 11) is 0. The highest BCUT2D eigenvalue weighted by atomic mass is 19.1. The molecule has 2 rings (SSSR count). The zero-order chi connectivity index (χ0) is 10.8. The van der Waals surface area contributed by atoms with E-state index in [1.54, 1.807) is 0 Å². The average molecular weight is 205 g/mol. The molecule has 4 nitrogen and oxygen atoms in total. The Hall–Kier alpha value is -2.17. The molecule has 0 aliphatic heterocycles. The Morgan fingerprint density at radius 2 is 2.00 bits per heavy atom. The summed E-state index contributed by atoms with van der Waals surface area (Å²) in [5.41, 5.74) is 0.453. The van der Waals surface area contributed by atoms with Gasteiger partial charge < -0.3 is 9.90 Å². The second-order valence-corrected chi connectivity index (χ2v) is 2.91. The van der Waals surface area contributed by atoms with Gasteiger partial charge in [0.2, 0.25) is 0 Å². The van der Waals surface area contributed by atoms with Crippen LogP contribution in [0.1, 0.15) is 10.5 Å². The van der Waals surface area contributed by atoms with Crippen molar-refractivity contribution >= 4 is 5.97 Å². The lowest BCUT2D eigenvalue weighted by molar-refractivity contribution is -0.255. The fraction of sp³-hybridized carbons (Fsp3) is 0. The van der Waals surface area contributed by atoms with Crippen LogP contribution in [-0.4, -0.2) is 15.5 Å². The molecule has 76 valence electrons. The number of aromatic nitrogens is 2. The quantitative estimate of drug-likeness (QED) is 0.711. The second kappa shape index (κ2) is 3.53. The average Bonchev–Trinajstić information content (AvgIpc) is 2.67. The van der Waals surface area contributed by atoms with E-state index in [-0.39, 0.29) is 11.5 Å². The number of carboxylic acid groups (broad SMARTS) is 1. The Balaban J connectivity index is 2.49. The SMILES string of the molecule is O=C([O-])c1cncn1-c1ccc(F)cc1. The van der Waals surface area contributed by atoms with Crippen molar-refractivity contribution in [3.05, 3.63) is 48.3 Å². The third-order valence-electron chi connectivity index (χ3n) is 1.95. The maximum absolute atomic E-state index is 12.6. The molecule has 0 atom stereocenters. The van der Waals surface area contributed by atoms with E-state index in [9.17, 15) is 14.3 Å². The number of nitrogens with zero attached hydrogens (tertiary/aromatic N) is 2. The molecule has 0 aliphatic rings. The predicted molar refractivity (Wildman–Crippen MR) is 47.9 cm³/mol. The molecule has 0 fully saturated rings. The maximum Gasteiger partial charge on any atom is 0.123 e. The normalized spacial score (nSPS) is 10.2. The van der Waals surface area contributed by atoms with Crippen LogP contribution in [0.15, 0.2) is 36.8 Å². The molecule has 5 heteroatoms. The molecule has 0 N–H and O–H groups in total.